The summed E-state index contributed by atoms with van der Waals surface area (Å²) in [7, 11) is 0. The van der Waals surface area contributed by atoms with Crippen molar-refractivity contribution in [3.8, 4) is 17.3 Å². The number of benzene rings is 1. The first-order valence-electron chi connectivity index (χ1n) is 7.82. The molecule has 8 nitrogen and oxygen atoms in total. The quantitative estimate of drug-likeness (QED) is 0.552. The molecule has 0 saturated carbocycles. The first kappa shape index (κ1) is 17.4. The van der Waals surface area contributed by atoms with Gasteiger partial charge in [-0.2, -0.15) is 25.2 Å². The molecule has 2 aromatic heterocycles. The largest absolute Gasteiger partial charge is 0.296 e. The van der Waals surface area contributed by atoms with Gasteiger partial charge in [0, 0.05) is 17.3 Å². The van der Waals surface area contributed by atoms with Crippen LogP contribution < -0.4 is 5.56 Å². The van der Waals surface area contributed by atoms with E-state index >= 15 is 0 Å². The number of hydrogen-bond acceptors (Lipinski definition) is 6. The van der Waals surface area contributed by atoms with Crippen molar-refractivity contribution in [2.24, 2.45) is 5.10 Å². The first-order chi connectivity index (χ1) is 12.6. The number of rotatable bonds is 5. The van der Waals surface area contributed by atoms with E-state index in [1.165, 1.54) is 6.21 Å². The minimum Gasteiger partial charge on any atom is -0.270 e. The van der Waals surface area contributed by atoms with Crippen molar-refractivity contribution in [2.75, 3.05) is 0 Å². The molecule has 26 heavy (non-hydrogen) atoms. The number of aromatic nitrogens is 5. The summed E-state index contributed by atoms with van der Waals surface area (Å²) in [5, 5.41) is 23.9. The van der Waals surface area contributed by atoms with Gasteiger partial charge in [-0.3, -0.25) is 14.6 Å². The van der Waals surface area contributed by atoms with Crippen molar-refractivity contribution in [3.05, 3.63) is 62.9 Å². The highest BCUT2D eigenvalue weighted by Gasteiger charge is 2.10. The maximum absolute atomic E-state index is 12.2. The van der Waals surface area contributed by atoms with Crippen LogP contribution in [0.3, 0.4) is 0 Å². The predicted molar refractivity (Wildman–Crippen MR) is 99.3 cm³/mol. The van der Waals surface area contributed by atoms with Crippen molar-refractivity contribution in [1.29, 1.82) is 5.26 Å². The smallest absolute Gasteiger partial charge is 0.270 e. The van der Waals surface area contributed by atoms with Crippen LogP contribution in [0, 0.1) is 23.0 Å². The van der Waals surface area contributed by atoms with Gasteiger partial charge >= 0.3 is 0 Å². The van der Waals surface area contributed by atoms with Gasteiger partial charge in [-0.15, -0.1) is 0 Å². The third kappa shape index (κ3) is 3.65. The normalized spacial score (nSPS) is 10.9. The molecule has 0 spiro atoms. The fourth-order valence-electron chi connectivity index (χ4n) is 2.33. The summed E-state index contributed by atoms with van der Waals surface area (Å²) >= 11 is 5.08. The summed E-state index contributed by atoms with van der Waals surface area (Å²) < 4.78 is 2.88. The molecule has 0 saturated heterocycles. The molecule has 1 aromatic carbocycles. The summed E-state index contributed by atoms with van der Waals surface area (Å²) in [4.78, 5) is 12.2. The van der Waals surface area contributed by atoms with Crippen LogP contribution in [-0.2, 0) is 6.54 Å². The van der Waals surface area contributed by atoms with Crippen molar-refractivity contribution >= 4 is 18.4 Å². The summed E-state index contributed by atoms with van der Waals surface area (Å²) in [6, 6.07) is 11.7. The van der Waals surface area contributed by atoms with Gasteiger partial charge in [0.2, 0.25) is 4.77 Å². The summed E-state index contributed by atoms with van der Waals surface area (Å²) in [6.07, 6.45) is 3.67. The molecule has 2 heterocycles. The second-order valence-electron chi connectivity index (χ2n) is 5.45. The average Bonchev–Trinajstić information content (AvgIpc) is 3.07. The van der Waals surface area contributed by atoms with Crippen LogP contribution in [0.15, 0.2) is 46.4 Å². The number of nitriles is 1. The van der Waals surface area contributed by atoms with E-state index in [1.807, 2.05) is 30.3 Å². The Morgan fingerprint density at radius 1 is 1.38 bits per heavy atom. The van der Waals surface area contributed by atoms with Gasteiger partial charge in [-0.1, -0.05) is 30.3 Å². The van der Waals surface area contributed by atoms with Crippen molar-refractivity contribution < 1.29 is 0 Å². The fourth-order valence-corrected chi connectivity index (χ4v) is 2.50. The molecule has 0 unspecified atom stereocenters. The van der Waals surface area contributed by atoms with E-state index in [2.05, 4.69) is 26.5 Å². The van der Waals surface area contributed by atoms with E-state index in [0.29, 0.717) is 24.2 Å². The molecular formula is C17H15N7OS. The van der Waals surface area contributed by atoms with Gasteiger partial charge in [-0.05, 0) is 19.1 Å². The Bertz CT molecular complexity index is 1100. The lowest BCUT2D eigenvalue weighted by molar-refractivity contribution is 0.629. The number of aromatic amines is 1. The van der Waals surface area contributed by atoms with Crippen LogP contribution in [0.4, 0.5) is 0 Å². The number of nitrogens with zero attached hydrogens (tertiary/aromatic N) is 6. The molecule has 3 aromatic rings. The third-order valence-electron chi connectivity index (χ3n) is 3.62. The van der Waals surface area contributed by atoms with Crippen LogP contribution in [0.25, 0.3) is 11.3 Å². The zero-order valence-electron chi connectivity index (χ0n) is 14.0. The molecule has 0 fully saturated rings. The number of aryl methyl sites for hydroxylation is 2. The van der Waals surface area contributed by atoms with Crippen LogP contribution in [-0.4, -0.2) is 30.9 Å². The van der Waals surface area contributed by atoms with Crippen molar-refractivity contribution in [3.63, 3.8) is 0 Å². The molecule has 0 aliphatic rings. The summed E-state index contributed by atoms with van der Waals surface area (Å²) in [5.74, 6) is 0. The van der Waals surface area contributed by atoms with E-state index in [0.717, 1.165) is 10.2 Å². The first-order valence-corrected chi connectivity index (χ1v) is 8.23. The van der Waals surface area contributed by atoms with Crippen LogP contribution >= 0.6 is 12.2 Å². The molecule has 0 aliphatic heterocycles. The Morgan fingerprint density at radius 2 is 2.15 bits per heavy atom. The lowest BCUT2D eigenvalue weighted by Crippen LogP contribution is -2.22. The van der Waals surface area contributed by atoms with Crippen LogP contribution in [0.2, 0.25) is 0 Å². The summed E-state index contributed by atoms with van der Waals surface area (Å²) in [6.45, 7) is 2.05. The maximum Gasteiger partial charge on any atom is 0.296 e. The standard InChI is InChI=1S/C17H15N7OS/c1-12-16(25)24(17(26)21-20-12)19-10-14-11-23(9-5-8-18)22-15(14)13-6-3-2-4-7-13/h2-4,6-7,10-11H,5,9H2,1H3,(H,21,26)/b19-10-. The Balaban J connectivity index is 2.06. The lowest BCUT2D eigenvalue weighted by atomic mass is 10.1. The van der Waals surface area contributed by atoms with E-state index in [-0.39, 0.29) is 16.0 Å². The molecule has 0 amide bonds. The van der Waals surface area contributed by atoms with E-state index in [1.54, 1.807) is 17.8 Å². The molecule has 0 radical (unpaired) electrons. The summed E-state index contributed by atoms with van der Waals surface area (Å²) in [5.41, 5.74) is 2.21. The van der Waals surface area contributed by atoms with E-state index in [9.17, 15) is 4.79 Å². The van der Waals surface area contributed by atoms with E-state index in [4.69, 9.17) is 17.5 Å². The Labute approximate surface area is 154 Å². The SMILES string of the molecule is Cc1n[nH]c(=S)n(/N=C\c2cn(CCC#N)nc2-c2ccccc2)c1=O. The molecule has 3 rings (SSSR count). The van der Waals surface area contributed by atoms with E-state index < -0.39 is 0 Å². The average molecular weight is 365 g/mol. The van der Waals surface area contributed by atoms with Gasteiger partial charge in [0.25, 0.3) is 5.56 Å². The van der Waals surface area contributed by atoms with Gasteiger partial charge < -0.3 is 0 Å². The van der Waals surface area contributed by atoms with Crippen LogP contribution in [0.1, 0.15) is 17.7 Å². The molecule has 0 atom stereocenters. The highest BCUT2D eigenvalue weighted by molar-refractivity contribution is 7.71. The molecule has 0 bridgehead atoms. The fraction of sp³-hybridized carbons (Fsp3) is 0.176. The molecule has 130 valence electrons. The zero-order valence-corrected chi connectivity index (χ0v) is 14.8. The molecule has 0 aliphatic carbocycles. The second kappa shape index (κ2) is 7.67. The molecule has 1 N–H and O–H groups in total. The topological polar surface area (TPSA) is 105 Å². The highest BCUT2D eigenvalue weighted by atomic mass is 32.1. The van der Waals surface area contributed by atoms with Crippen molar-refractivity contribution in [1.82, 2.24) is 24.7 Å². The zero-order chi connectivity index (χ0) is 18.5. The van der Waals surface area contributed by atoms with Gasteiger partial charge in [0.1, 0.15) is 11.4 Å². The molecule has 9 heteroatoms. The number of hydrogen-bond donors (Lipinski definition) is 1. The van der Waals surface area contributed by atoms with Gasteiger partial charge in [-0.25, -0.2) is 0 Å². The molecular weight excluding hydrogens is 350 g/mol. The minimum atomic E-state index is -0.386. The Morgan fingerprint density at radius 3 is 2.88 bits per heavy atom. The monoisotopic (exact) mass is 365 g/mol. The predicted octanol–water partition coefficient (Wildman–Crippen LogP) is 2.27. The van der Waals surface area contributed by atoms with Gasteiger partial charge in [0.15, 0.2) is 0 Å². The highest BCUT2D eigenvalue weighted by Crippen LogP contribution is 2.20. The second-order valence-corrected chi connectivity index (χ2v) is 5.83. The maximum atomic E-state index is 12.2. The van der Waals surface area contributed by atoms with Crippen molar-refractivity contribution in [2.45, 2.75) is 19.9 Å². The Hall–Kier alpha value is -3.38. The minimum absolute atomic E-state index is 0.106. The lowest BCUT2D eigenvalue weighted by Gasteiger charge is -2.00. The van der Waals surface area contributed by atoms with Gasteiger partial charge in [0.05, 0.1) is 25.2 Å². The Kier molecular flexibility index (Phi) is 5.15. The number of H-pyrrole nitrogens is 1. The third-order valence-corrected chi connectivity index (χ3v) is 3.88. The van der Waals surface area contributed by atoms with Crippen LogP contribution in [0.5, 0.6) is 0 Å². The number of nitrogens with one attached hydrogen (secondary N) is 1.